The van der Waals surface area contributed by atoms with E-state index in [4.69, 9.17) is 4.74 Å². The molecule has 0 aliphatic carbocycles. The number of amides is 1. The number of rotatable bonds is 4. The first-order valence-electron chi connectivity index (χ1n) is 6.75. The van der Waals surface area contributed by atoms with Crippen molar-refractivity contribution in [1.82, 2.24) is 4.90 Å². The normalized spacial score (nSPS) is 19.4. The second-order valence-corrected chi connectivity index (χ2v) is 5.23. The molecule has 0 aromatic heterocycles. The summed E-state index contributed by atoms with van der Waals surface area (Å²) in [6.45, 7) is 3.09. The summed E-state index contributed by atoms with van der Waals surface area (Å²) in [5, 5.41) is 2.96. The highest BCUT2D eigenvalue weighted by Gasteiger charge is 2.23. The highest BCUT2D eigenvalue weighted by Crippen LogP contribution is 2.26. The minimum atomic E-state index is 0.0580. The molecule has 0 saturated carbocycles. The second-order valence-electron chi connectivity index (χ2n) is 5.23. The number of ether oxygens (including phenoxy) is 1. The number of nitrogens with one attached hydrogen (secondary N) is 1. The van der Waals surface area contributed by atoms with Crippen LogP contribution in [-0.2, 0) is 4.79 Å². The SMILES string of the molecule is COc1ccc(C)cc1NC(=O)CC1CCCN1C. The maximum Gasteiger partial charge on any atom is 0.226 e. The largest absolute Gasteiger partial charge is 0.495 e. The van der Waals surface area contributed by atoms with Gasteiger partial charge in [-0.1, -0.05) is 6.07 Å². The Morgan fingerprint density at radius 3 is 2.95 bits per heavy atom. The lowest BCUT2D eigenvalue weighted by Gasteiger charge is -2.19. The number of aryl methyl sites for hydroxylation is 1. The van der Waals surface area contributed by atoms with Crippen molar-refractivity contribution in [1.29, 1.82) is 0 Å². The van der Waals surface area contributed by atoms with E-state index in [2.05, 4.69) is 17.3 Å². The highest BCUT2D eigenvalue weighted by atomic mass is 16.5. The van der Waals surface area contributed by atoms with Gasteiger partial charge in [0.25, 0.3) is 0 Å². The molecule has 0 spiro atoms. The molecule has 1 aromatic rings. The van der Waals surface area contributed by atoms with E-state index in [-0.39, 0.29) is 5.91 Å². The Hall–Kier alpha value is -1.55. The molecule has 4 heteroatoms. The van der Waals surface area contributed by atoms with E-state index in [1.54, 1.807) is 7.11 Å². The molecule has 1 aliphatic heterocycles. The van der Waals surface area contributed by atoms with Crippen LogP contribution in [-0.4, -0.2) is 37.6 Å². The van der Waals surface area contributed by atoms with Gasteiger partial charge in [0.2, 0.25) is 5.91 Å². The summed E-state index contributed by atoms with van der Waals surface area (Å²) in [5.41, 5.74) is 1.86. The maximum absolute atomic E-state index is 12.1. The monoisotopic (exact) mass is 262 g/mol. The van der Waals surface area contributed by atoms with Crippen LogP contribution in [0.4, 0.5) is 5.69 Å². The third-order valence-corrected chi connectivity index (χ3v) is 3.72. The van der Waals surface area contributed by atoms with Crippen LogP contribution < -0.4 is 10.1 Å². The molecule has 1 atom stereocenters. The third kappa shape index (κ3) is 3.47. The summed E-state index contributed by atoms with van der Waals surface area (Å²) in [5.74, 6) is 0.765. The van der Waals surface area contributed by atoms with Gasteiger partial charge in [0.05, 0.1) is 12.8 Å². The summed E-state index contributed by atoms with van der Waals surface area (Å²) >= 11 is 0. The van der Waals surface area contributed by atoms with E-state index in [0.717, 1.165) is 24.2 Å². The van der Waals surface area contributed by atoms with Crippen LogP contribution in [0.15, 0.2) is 18.2 Å². The van der Waals surface area contributed by atoms with Crippen LogP contribution in [0.25, 0.3) is 0 Å². The van der Waals surface area contributed by atoms with Crippen molar-refractivity contribution in [2.45, 2.75) is 32.2 Å². The summed E-state index contributed by atoms with van der Waals surface area (Å²) in [6, 6.07) is 6.16. The first kappa shape index (κ1) is 13.9. The number of benzene rings is 1. The molecule has 1 unspecified atom stereocenters. The smallest absolute Gasteiger partial charge is 0.226 e. The fourth-order valence-electron chi connectivity index (χ4n) is 2.57. The molecule has 0 radical (unpaired) electrons. The van der Waals surface area contributed by atoms with Gasteiger partial charge in [0.15, 0.2) is 0 Å². The van der Waals surface area contributed by atoms with Gasteiger partial charge in [-0.25, -0.2) is 0 Å². The zero-order chi connectivity index (χ0) is 13.8. The molecule has 1 saturated heterocycles. The van der Waals surface area contributed by atoms with E-state index in [9.17, 15) is 4.79 Å². The summed E-state index contributed by atoms with van der Waals surface area (Å²) in [7, 11) is 3.70. The minimum Gasteiger partial charge on any atom is -0.495 e. The lowest BCUT2D eigenvalue weighted by molar-refractivity contribution is -0.117. The fourth-order valence-corrected chi connectivity index (χ4v) is 2.57. The van der Waals surface area contributed by atoms with Gasteiger partial charge in [-0.2, -0.15) is 0 Å². The Bertz CT molecular complexity index is 459. The van der Waals surface area contributed by atoms with E-state index < -0.39 is 0 Å². The zero-order valence-electron chi connectivity index (χ0n) is 11.9. The Morgan fingerprint density at radius 1 is 1.53 bits per heavy atom. The number of anilines is 1. The topological polar surface area (TPSA) is 41.6 Å². The molecule has 1 aliphatic rings. The zero-order valence-corrected chi connectivity index (χ0v) is 11.9. The maximum atomic E-state index is 12.1. The van der Waals surface area contributed by atoms with E-state index in [0.29, 0.717) is 18.2 Å². The van der Waals surface area contributed by atoms with Crippen LogP contribution in [0.2, 0.25) is 0 Å². The first-order valence-corrected chi connectivity index (χ1v) is 6.75. The van der Waals surface area contributed by atoms with Gasteiger partial charge in [0, 0.05) is 12.5 Å². The van der Waals surface area contributed by atoms with Crippen LogP contribution in [0.5, 0.6) is 5.75 Å². The standard InChI is InChI=1S/C15H22N2O2/c1-11-6-7-14(19-3)13(9-11)16-15(18)10-12-5-4-8-17(12)2/h6-7,9,12H,4-5,8,10H2,1-3H3,(H,16,18). The number of hydrogen-bond acceptors (Lipinski definition) is 3. The molecule has 2 rings (SSSR count). The van der Waals surface area contributed by atoms with Crippen LogP contribution in [0, 0.1) is 6.92 Å². The third-order valence-electron chi connectivity index (χ3n) is 3.72. The molecule has 19 heavy (non-hydrogen) atoms. The lowest BCUT2D eigenvalue weighted by atomic mass is 10.1. The van der Waals surface area contributed by atoms with Gasteiger partial charge in [-0.15, -0.1) is 0 Å². The van der Waals surface area contributed by atoms with Gasteiger partial charge in [-0.3, -0.25) is 4.79 Å². The molecule has 1 fully saturated rings. The van der Waals surface area contributed by atoms with Gasteiger partial charge >= 0.3 is 0 Å². The predicted molar refractivity (Wildman–Crippen MR) is 76.6 cm³/mol. The van der Waals surface area contributed by atoms with Crippen LogP contribution >= 0.6 is 0 Å². The van der Waals surface area contributed by atoms with Gasteiger partial charge in [0.1, 0.15) is 5.75 Å². The number of likely N-dealkylation sites (tertiary alicyclic amines) is 1. The Morgan fingerprint density at radius 2 is 2.32 bits per heavy atom. The average Bonchev–Trinajstić information content (AvgIpc) is 2.75. The van der Waals surface area contributed by atoms with Crippen molar-refractivity contribution in [3.05, 3.63) is 23.8 Å². The van der Waals surface area contributed by atoms with Crippen molar-refractivity contribution in [2.75, 3.05) is 26.0 Å². The fraction of sp³-hybridized carbons (Fsp3) is 0.533. The Labute approximate surface area is 114 Å². The first-order chi connectivity index (χ1) is 9.10. The molecular weight excluding hydrogens is 240 g/mol. The number of carbonyl (C=O) groups excluding carboxylic acids is 1. The minimum absolute atomic E-state index is 0.0580. The lowest BCUT2D eigenvalue weighted by Crippen LogP contribution is -2.29. The molecule has 1 heterocycles. The summed E-state index contributed by atoms with van der Waals surface area (Å²) in [6.07, 6.45) is 2.84. The molecule has 0 bridgehead atoms. The molecule has 1 N–H and O–H groups in total. The van der Waals surface area contributed by atoms with Crippen LogP contribution in [0.1, 0.15) is 24.8 Å². The van der Waals surface area contributed by atoms with Crippen molar-refractivity contribution in [3.8, 4) is 5.75 Å². The number of nitrogens with zero attached hydrogens (tertiary/aromatic N) is 1. The molecular formula is C15H22N2O2. The number of methoxy groups -OCH3 is 1. The molecule has 1 amide bonds. The Kier molecular flexibility index (Phi) is 4.43. The molecule has 4 nitrogen and oxygen atoms in total. The van der Waals surface area contributed by atoms with Crippen molar-refractivity contribution in [2.24, 2.45) is 0 Å². The molecule has 104 valence electrons. The van der Waals surface area contributed by atoms with Crippen LogP contribution in [0.3, 0.4) is 0 Å². The van der Waals surface area contributed by atoms with E-state index in [1.165, 1.54) is 6.42 Å². The predicted octanol–water partition coefficient (Wildman–Crippen LogP) is 2.43. The van der Waals surface area contributed by atoms with Crippen molar-refractivity contribution in [3.63, 3.8) is 0 Å². The summed E-state index contributed by atoms with van der Waals surface area (Å²) < 4.78 is 5.27. The van der Waals surface area contributed by atoms with Gasteiger partial charge < -0.3 is 15.0 Å². The number of carbonyl (C=O) groups is 1. The van der Waals surface area contributed by atoms with Crippen molar-refractivity contribution >= 4 is 11.6 Å². The Balaban J connectivity index is 2.00. The van der Waals surface area contributed by atoms with E-state index in [1.807, 2.05) is 25.1 Å². The van der Waals surface area contributed by atoms with Crippen molar-refractivity contribution < 1.29 is 9.53 Å². The number of hydrogen-bond donors (Lipinski definition) is 1. The van der Waals surface area contributed by atoms with Gasteiger partial charge in [-0.05, 0) is 51.1 Å². The quantitative estimate of drug-likeness (QED) is 0.906. The van der Waals surface area contributed by atoms with E-state index >= 15 is 0 Å². The highest BCUT2D eigenvalue weighted by molar-refractivity contribution is 5.92. The summed E-state index contributed by atoms with van der Waals surface area (Å²) in [4.78, 5) is 14.4. The molecule has 1 aromatic carbocycles. The average molecular weight is 262 g/mol. The second kappa shape index (κ2) is 6.06.